The van der Waals surface area contributed by atoms with Crippen LogP contribution in [0.3, 0.4) is 0 Å². The van der Waals surface area contributed by atoms with Crippen molar-refractivity contribution in [3.8, 4) is 0 Å². The van der Waals surface area contributed by atoms with Crippen LogP contribution in [0.1, 0.15) is 121 Å². The maximum absolute atomic E-state index is 14.9. The minimum atomic E-state index is -2.09. The first-order valence-corrected chi connectivity index (χ1v) is 27.5. The van der Waals surface area contributed by atoms with Gasteiger partial charge in [0.15, 0.2) is 30.7 Å². The summed E-state index contributed by atoms with van der Waals surface area (Å²) in [5.41, 5.74) is -1.25. The number of rotatable bonds is 10. The molecule has 268 valence electrons. The zero-order valence-corrected chi connectivity index (χ0v) is 35.8. The van der Waals surface area contributed by atoms with Gasteiger partial charge in [-0.15, -0.1) is 0 Å². The van der Waals surface area contributed by atoms with E-state index in [1.165, 1.54) is 0 Å². The van der Waals surface area contributed by atoms with Gasteiger partial charge in [0.2, 0.25) is 0 Å². The van der Waals surface area contributed by atoms with E-state index in [2.05, 4.69) is 102 Å². The van der Waals surface area contributed by atoms with Crippen molar-refractivity contribution in [2.75, 3.05) is 6.61 Å². The molecular formula is C38H74O5Si3. The number of carbonyl (C=O) groups excluding carboxylic acids is 1. The number of Topliss-reactive ketones (excluding diaryl/α,β-unsaturated/α-hetero) is 1. The van der Waals surface area contributed by atoms with Crippen molar-refractivity contribution in [2.24, 2.45) is 34.5 Å². The third-order valence-electron chi connectivity index (χ3n) is 15.8. The van der Waals surface area contributed by atoms with Crippen LogP contribution in [-0.4, -0.2) is 60.3 Å². The molecule has 0 aromatic carbocycles. The van der Waals surface area contributed by atoms with Crippen LogP contribution < -0.4 is 0 Å². The molecule has 0 saturated heterocycles. The van der Waals surface area contributed by atoms with Crippen molar-refractivity contribution in [1.29, 1.82) is 0 Å². The normalized spacial score (nSPS) is 39.2. The number of hydrogen-bond donors (Lipinski definition) is 1. The summed E-state index contributed by atoms with van der Waals surface area (Å²) in [6.45, 7) is 35.5. The summed E-state index contributed by atoms with van der Waals surface area (Å²) in [6.07, 6.45) is 6.36. The van der Waals surface area contributed by atoms with Crippen molar-refractivity contribution < 1.29 is 23.2 Å². The molecule has 46 heavy (non-hydrogen) atoms. The number of hydrogen-bond acceptors (Lipinski definition) is 5. The van der Waals surface area contributed by atoms with E-state index in [0.717, 1.165) is 63.1 Å². The molecule has 0 heterocycles. The Morgan fingerprint density at radius 3 is 1.91 bits per heavy atom. The molecule has 0 aliphatic heterocycles. The van der Waals surface area contributed by atoms with Gasteiger partial charge in [0.05, 0.1) is 5.60 Å². The monoisotopic (exact) mass is 694 g/mol. The van der Waals surface area contributed by atoms with Crippen LogP contribution in [0, 0.1) is 34.5 Å². The highest BCUT2D eigenvalue weighted by Crippen LogP contribution is 2.70. The molecule has 5 nitrogen and oxygen atoms in total. The highest BCUT2D eigenvalue weighted by Gasteiger charge is 2.75. The van der Waals surface area contributed by atoms with Crippen molar-refractivity contribution in [3.63, 3.8) is 0 Å². The molecule has 1 N–H and O–H groups in total. The van der Waals surface area contributed by atoms with E-state index in [1.54, 1.807) is 0 Å². The molecule has 0 bridgehead atoms. The zero-order chi connectivity index (χ0) is 34.9. The fourth-order valence-electron chi connectivity index (χ4n) is 10.2. The average molecular weight is 695 g/mol. The highest BCUT2D eigenvalue weighted by molar-refractivity contribution is 6.74. The Morgan fingerprint density at radius 1 is 0.826 bits per heavy atom. The average Bonchev–Trinajstić information content (AvgIpc) is 3.24. The van der Waals surface area contributed by atoms with Gasteiger partial charge in [-0.05, 0) is 123 Å². The van der Waals surface area contributed by atoms with Gasteiger partial charge in [0.25, 0.3) is 0 Å². The van der Waals surface area contributed by atoms with Gasteiger partial charge < -0.3 is 18.4 Å². The second-order valence-electron chi connectivity index (χ2n) is 19.8. The molecule has 0 aromatic heterocycles. The molecule has 4 saturated carbocycles. The predicted molar refractivity (Wildman–Crippen MR) is 200 cm³/mol. The number of fused-ring (bicyclic) bond motifs is 5. The lowest BCUT2D eigenvalue weighted by Crippen LogP contribution is -2.73. The quantitative estimate of drug-likeness (QED) is 0.231. The Balaban J connectivity index is 1.74. The fourth-order valence-corrected chi connectivity index (χ4v) is 15.8. The van der Waals surface area contributed by atoms with Crippen LogP contribution in [-0.2, 0) is 18.1 Å². The number of carbonyl (C=O) groups is 1. The molecule has 4 rings (SSSR count). The summed E-state index contributed by atoms with van der Waals surface area (Å²) < 4.78 is 21.8. The number of aliphatic hydroxyl groups is 1. The molecule has 0 spiro atoms. The van der Waals surface area contributed by atoms with Crippen LogP contribution in [0.25, 0.3) is 0 Å². The van der Waals surface area contributed by atoms with E-state index >= 15 is 0 Å². The van der Waals surface area contributed by atoms with Crippen LogP contribution in [0.2, 0.25) is 54.4 Å². The predicted octanol–water partition coefficient (Wildman–Crippen LogP) is 10.4. The third-order valence-corrected chi connectivity index (χ3v) is 29.5. The van der Waals surface area contributed by atoms with E-state index in [1.807, 2.05) is 0 Å². The Bertz CT molecular complexity index is 1100. The van der Waals surface area contributed by atoms with E-state index in [0.29, 0.717) is 12.5 Å². The molecule has 4 aliphatic carbocycles. The van der Waals surface area contributed by atoms with Crippen molar-refractivity contribution in [1.82, 2.24) is 0 Å². The Kier molecular flexibility index (Phi) is 10.8. The second-order valence-corrected chi connectivity index (χ2v) is 34.0. The van der Waals surface area contributed by atoms with Crippen LogP contribution in [0.15, 0.2) is 0 Å². The summed E-state index contributed by atoms with van der Waals surface area (Å²) >= 11 is 0. The number of ketones is 1. The topological polar surface area (TPSA) is 65.0 Å². The van der Waals surface area contributed by atoms with Crippen LogP contribution in [0.4, 0.5) is 0 Å². The number of aliphatic hydroxyl groups excluding tert-OH is 1. The largest absolute Gasteiger partial charge is 0.417 e. The van der Waals surface area contributed by atoms with Crippen molar-refractivity contribution in [2.45, 2.75) is 193 Å². The standard InChI is InChI=1S/C38H74O5Si3/c1-16-46(17-2,18-3)43-38-24-21-28(26-41-44(12,13)34(4,5)6)37(38,11)33(40)32(39)31-30(38)20-19-27-25-29(22-23-36(27,31)10)42-45(14,15)35(7,8)9/h27-31,33,40H,16-26H2,1-15H3/t27-,28-,29+,30?,31?,33+,36+,37?,38+/m1/s1. The maximum Gasteiger partial charge on any atom is 0.192 e. The van der Waals surface area contributed by atoms with Gasteiger partial charge in [-0.1, -0.05) is 76.2 Å². The molecule has 0 aromatic rings. The van der Waals surface area contributed by atoms with Gasteiger partial charge in [-0.2, -0.15) is 0 Å². The van der Waals surface area contributed by atoms with Gasteiger partial charge in [0, 0.05) is 24.0 Å². The van der Waals surface area contributed by atoms with Gasteiger partial charge in [0.1, 0.15) is 6.10 Å². The Labute approximate surface area is 287 Å². The fraction of sp³-hybridized carbons (Fsp3) is 0.974. The molecular weight excluding hydrogens is 621 g/mol. The first-order valence-electron chi connectivity index (χ1n) is 19.2. The summed E-state index contributed by atoms with van der Waals surface area (Å²) in [4.78, 5) is 14.9. The second kappa shape index (κ2) is 12.7. The molecule has 4 aliphatic rings. The van der Waals surface area contributed by atoms with E-state index in [9.17, 15) is 9.90 Å². The molecule has 9 atom stereocenters. The van der Waals surface area contributed by atoms with Gasteiger partial charge >= 0.3 is 0 Å². The minimum Gasteiger partial charge on any atom is -0.417 e. The zero-order valence-electron chi connectivity index (χ0n) is 32.8. The third kappa shape index (κ3) is 6.10. The first kappa shape index (κ1) is 39.0. The van der Waals surface area contributed by atoms with Gasteiger partial charge in [-0.3, -0.25) is 4.79 Å². The SMILES string of the molecule is CC[Si](CC)(CC)O[C@]12CC[C@H](CO[Si](C)(C)C(C)(C)C)C1(C)[C@@H](O)C(=O)C1C2CC[C@@H]2C[C@@H](O[Si](C)(C)C(C)(C)C)CC[C@]12C. The molecule has 3 unspecified atom stereocenters. The van der Waals surface area contributed by atoms with Gasteiger partial charge in [-0.25, -0.2) is 0 Å². The minimum absolute atomic E-state index is 0.109. The first-order chi connectivity index (χ1) is 20.9. The molecule has 0 amide bonds. The maximum atomic E-state index is 14.9. The van der Waals surface area contributed by atoms with Crippen LogP contribution >= 0.6 is 0 Å². The smallest absolute Gasteiger partial charge is 0.192 e. The summed E-state index contributed by atoms with van der Waals surface area (Å²) in [5.74, 6) is 0.665. The Hall–Kier alpha value is 0.161. The van der Waals surface area contributed by atoms with Crippen molar-refractivity contribution in [3.05, 3.63) is 0 Å². The van der Waals surface area contributed by atoms with E-state index in [4.69, 9.17) is 13.3 Å². The molecule has 0 radical (unpaired) electrons. The summed E-state index contributed by atoms with van der Waals surface area (Å²) in [5, 5.41) is 12.8. The van der Waals surface area contributed by atoms with Crippen molar-refractivity contribution >= 4 is 30.7 Å². The molecule has 8 heteroatoms. The highest BCUT2D eigenvalue weighted by atomic mass is 28.4. The lowest BCUT2D eigenvalue weighted by Gasteiger charge is -2.66. The summed E-state index contributed by atoms with van der Waals surface area (Å²) in [7, 11) is -5.98. The van der Waals surface area contributed by atoms with E-state index < -0.39 is 42.1 Å². The van der Waals surface area contributed by atoms with E-state index in [-0.39, 0.29) is 45.1 Å². The summed E-state index contributed by atoms with van der Waals surface area (Å²) in [6, 6.07) is 3.24. The van der Waals surface area contributed by atoms with Crippen LogP contribution in [0.5, 0.6) is 0 Å². The lowest BCUT2D eigenvalue weighted by atomic mass is 9.42. The Morgan fingerprint density at radius 2 is 1.39 bits per heavy atom. The molecule has 4 fully saturated rings. The lowest BCUT2D eigenvalue weighted by molar-refractivity contribution is -0.230.